The fourth-order valence-electron chi connectivity index (χ4n) is 2.35. The molecule has 0 aliphatic rings. The van der Waals surface area contributed by atoms with Crippen molar-refractivity contribution in [2.45, 2.75) is 9.79 Å². The van der Waals surface area contributed by atoms with Crippen LogP contribution in [-0.4, -0.2) is 34.1 Å². The van der Waals surface area contributed by atoms with E-state index in [0.29, 0.717) is 16.1 Å². The number of hydrogen-bond acceptors (Lipinski definition) is 5. The van der Waals surface area contributed by atoms with E-state index in [9.17, 15) is 16.8 Å². The second kappa shape index (κ2) is 7.31. The molecule has 0 spiro atoms. The van der Waals surface area contributed by atoms with Gasteiger partial charge in [0.25, 0.3) is 10.0 Å². The average Bonchev–Trinajstić information content (AvgIpc) is 3.09. The molecule has 0 fully saturated rings. The number of sulfonamides is 2. The van der Waals surface area contributed by atoms with E-state index in [4.69, 9.17) is 11.6 Å². The van der Waals surface area contributed by atoms with E-state index in [-0.39, 0.29) is 15.6 Å². The van der Waals surface area contributed by atoms with Gasteiger partial charge in [-0.2, -0.15) is 5.10 Å². The summed E-state index contributed by atoms with van der Waals surface area (Å²) in [6.45, 7) is 0. The maximum Gasteiger partial charge on any atom is 0.263 e. The number of aromatic amines is 1. The Labute approximate surface area is 161 Å². The molecule has 1 heterocycles. The number of aromatic nitrogens is 2. The highest BCUT2D eigenvalue weighted by molar-refractivity contribution is 7.92. The Morgan fingerprint density at radius 2 is 1.59 bits per heavy atom. The van der Waals surface area contributed by atoms with Crippen molar-refractivity contribution in [3.63, 3.8) is 0 Å². The van der Waals surface area contributed by atoms with Crippen molar-refractivity contribution in [2.24, 2.45) is 0 Å². The summed E-state index contributed by atoms with van der Waals surface area (Å²) in [4.78, 5) is -0.130. The molecule has 142 valence electrons. The van der Waals surface area contributed by atoms with Gasteiger partial charge in [0.15, 0.2) is 0 Å². The molecule has 0 aliphatic carbocycles. The SMILES string of the molecule is CNS(=O)(=O)c1ccc(S(=O)(=O)Nc2[nH]ncc2-c2cccc(Cl)c2)cc1. The van der Waals surface area contributed by atoms with Crippen LogP contribution in [0.1, 0.15) is 0 Å². The number of nitrogens with one attached hydrogen (secondary N) is 3. The molecule has 0 atom stereocenters. The molecule has 0 saturated heterocycles. The molecule has 0 amide bonds. The zero-order chi connectivity index (χ0) is 19.7. The molecule has 1 aromatic heterocycles. The lowest BCUT2D eigenvalue weighted by molar-refractivity contribution is 0.587. The van der Waals surface area contributed by atoms with Gasteiger partial charge in [-0.05, 0) is 49.0 Å². The van der Waals surface area contributed by atoms with Crippen molar-refractivity contribution in [1.82, 2.24) is 14.9 Å². The maximum atomic E-state index is 12.6. The zero-order valence-corrected chi connectivity index (χ0v) is 16.4. The van der Waals surface area contributed by atoms with Gasteiger partial charge in [-0.1, -0.05) is 23.7 Å². The first-order valence-corrected chi connectivity index (χ1v) is 10.9. The summed E-state index contributed by atoms with van der Waals surface area (Å²) in [6, 6.07) is 11.7. The lowest BCUT2D eigenvalue weighted by Crippen LogP contribution is -2.19. The minimum absolute atomic E-state index is 0.0369. The lowest BCUT2D eigenvalue weighted by Gasteiger charge is -2.09. The van der Waals surface area contributed by atoms with E-state index in [0.717, 1.165) is 0 Å². The van der Waals surface area contributed by atoms with Crippen LogP contribution >= 0.6 is 11.6 Å². The molecule has 0 saturated carbocycles. The summed E-state index contributed by atoms with van der Waals surface area (Å²) >= 11 is 5.98. The molecular formula is C16H15ClN4O4S2. The van der Waals surface area contributed by atoms with Gasteiger partial charge >= 0.3 is 0 Å². The predicted octanol–water partition coefficient (Wildman–Crippen LogP) is 2.44. The van der Waals surface area contributed by atoms with Gasteiger partial charge in [-0.25, -0.2) is 21.6 Å². The van der Waals surface area contributed by atoms with Gasteiger partial charge in [0, 0.05) is 10.6 Å². The molecule has 27 heavy (non-hydrogen) atoms. The average molecular weight is 427 g/mol. The van der Waals surface area contributed by atoms with Crippen LogP contribution in [0.2, 0.25) is 5.02 Å². The van der Waals surface area contributed by atoms with Gasteiger partial charge in [0.1, 0.15) is 5.82 Å². The van der Waals surface area contributed by atoms with Gasteiger partial charge in [0.05, 0.1) is 16.0 Å². The van der Waals surface area contributed by atoms with E-state index < -0.39 is 20.0 Å². The lowest BCUT2D eigenvalue weighted by atomic mass is 10.1. The number of nitrogens with zero attached hydrogens (tertiary/aromatic N) is 1. The number of H-pyrrole nitrogens is 1. The van der Waals surface area contributed by atoms with E-state index in [1.807, 2.05) is 0 Å². The summed E-state index contributed by atoms with van der Waals surface area (Å²) in [5.74, 6) is 0.171. The Kier molecular flexibility index (Phi) is 5.24. The third kappa shape index (κ3) is 4.14. The summed E-state index contributed by atoms with van der Waals surface area (Å²) in [5, 5.41) is 6.99. The molecule has 3 N–H and O–H groups in total. The summed E-state index contributed by atoms with van der Waals surface area (Å²) in [5.41, 5.74) is 1.21. The van der Waals surface area contributed by atoms with Crippen LogP contribution in [0.3, 0.4) is 0 Å². The Bertz CT molecular complexity index is 1170. The van der Waals surface area contributed by atoms with Crippen molar-refractivity contribution >= 4 is 37.5 Å². The minimum atomic E-state index is -3.96. The topological polar surface area (TPSA) is 121 Å². The molecule has 8 nitrogen and oxygen atoms in total. The third-order valence-corrected chi connectivity index (χ3v) is 6.76. The molecule has 3 aromatic rings. The number of rotatable bonds is 6. The van der Waals surface area contributed by atoms with Crippen LogP contribution in [0.25, 0.3) is 11.1 Å². The standard InChI is InChI=1S/C16H15ClN4O4S2/c1-18-26(22,23)13-5-7-14(8-6-13)27(24,25)21-16-15(10-19-20-16)11-3-2-4-12(17)9-11/h2-10,18H,1H3,(H2,19,20,21). The molecule has 0 unspecified atom stereocenters. The number of hydrogen-bond donors (Lipinski definition) is 3. The molecule has 0 radical (unpaired) electrons. The highest BCUT2D eigenvalue weighted by Gasteiger charge is 2.19. The Morgan fingerprint density at radius 3 is 2.19 bits per heavy atom. The van der Waals surface area contributed by atoms with Crippen LogP contribution in [0, 0.1) is 0 Å². The molecule has 11 heteroatoms. The fourth-order valence-corrected chi connectivity index (χ4v) is 4.30. The number of halogens is 1. The Morgan fingerprint density at radius 1 is 0.963 bits per heavy atom. The van der Waals surface area contributed by atoms with E-state index in [1.165, 1.54) is 37.5 Å². The van der Waals surface area contributed by atoms with Gasteiger partial charge in [-0.15, -0.1) is 0 Å². The molecule has 3 rings (SSSR count). The van der Waals surface area contributed by atoms with Crippen LogP contribution in [-0.2, 0) is 20.0 Å². The summed E-state index contributed by atoms with van der Waals surface area (Å²) < 4.78 is 53.3. The van der Waals surface area contributed by atoms with Gasteiger partial charge in [-0.3, -0.25) is 9.82 Å². The van der Waals surface area contributed by atoms with Crippen molar-refractivity contribution < 1.29 is 16.8 Å². The zero-order valence-electron chi connectivity index (χ0n) is 14.0. The molecule has 2 aromatic carbocycles. The summed E-state index contributed by atoms with van der Waals surface area (Å²) in [6.07, 6.45) is 1.48. The number of benzene rings is 2. The molecule has 0 bridgehead atoms. The monoisotopic (exact) mass is 426 g/mol. The quantitative estimate of drug-likeness (QED) is 0.559. The molecule has 0 aliphatic heterocycles. The second-order valence-electron chi connectivity index (χ2n) is 5.45. The van der Waals surface area contributed by atoms with Crippen molar-refractivity contribution in [3.8, 4) is 11.1 Å². The van der Waals surface area contributed by atoms with E-state index >= 15 is 0 Å². The van der Waals surface area contributed by atoms with Crippen LogP contribution in [0.15, 0.2) is 64.5 Å². The fraction of sp³-hybridized carbons (Fsp3) is 0.0625. The smallest absolute Gasteiger partial charge is 0.263 e. The van der Waals surface area contributed by atoms with Crippen molar-refractivity contribution in [2.75, 3.05) is 11.8 Å². The molecular weight excluding hydrogens is 412 g/mol. The van der Waals surface area contributed by atoms with Crippen LogP contribution in [0.4, 0.5) is 5.82 Å². The van der Waals surface area contributed by atoms with Gasteiger partial charge < -0.3 is 0 Å². The normalized spacial score (nSPS) is 12.1. The second-order valence-corrected chi connectivity index (χ2v) is 9.46. The number of anilines is 1. The Hall–Kier alpha value is -2.40. The highest BCUT2D eigenvalue weighted by Crippen LogP contribution is 2.29. The van der Waals surface area contributed by atoms with Crippen molar-refractivity contribution in [1.29, 1.82) is 0 Å². The predicted molar refractivity (Wildman–Crippen MR) is 103 cm³/mol. The van der Waals surface area contributed by atoms with Crippen LogP contribution in [0.5, 0.6) is 0 Å². The maximum absolute atomic E-state index is 12.6. The largest absolute Gasteiger partial charge is 0.263 e. The first-order valence-electron chi connectivity index (χ1n) is 7.59. The minimum Gasteiger partial charge on any atom is -0.263 e. The van der Waals surface area contributed by atoms with Crippen molar-refractivity contribution in [3.05, 3.63) is 59.8 Å². The summed E-state index contributed by atoms with van der Waals surface area (Å²) in [7, 11) is -6.34. The Balaban J connectivity index is 1.91. The van der Waals surface area contributed by atoms with E-state index in [1.54, 1.807) is 24.3 Å². The van der Waals surface area contributed by atoms with E-state index in [2.05, 4.69) is 19.6 Å². The van der Waals surface area contributed by atoms with Gasteiger partial charge in [0.2, 0.25) is 10.0 Å². The third-order valence-electron chi connectivity index (χ3n) is 3.72. The first-order chi connectivity index (χ1) is 12.7. The first kappa shape index (κ1) is 19.4. The highest BCUT2D eigenvalue weighted by atomic mass is 35.5. The van der Waals surface area contributed by atoms with Crippen LogP contribution < -0.4 is 9.44 Å².